The van der Waals surface area contributed by atoms with E-state index in [4.69, 9.17) is 9.47 Å². The molecule has 2 aromatic carbocycles. The summed E-state index contributed by atoms with van der Waals surface area (Å²) in [6.45, 7) is 0. The average Bonchev–Trinajstić information content (AvgIpc) is 2.27. The molecule has 0 spiro atoms. The Bertz CT molecular complexity index is 410. The van der Waals surface area contributed by atoms with Crippen LogP contribution in [-0.2, 0) is 0 Å². The summed E-state index contributed by atoms with van der Waals surface area (Å²) >= 11 is 0. The lowest BCUT2D eigenvalue weighted by molar-refractivity contribution is 0.405. The van der Waals surface area contributed by atoms with Gasteiger partial charge >= 0.3 is 0 Å². The van der Waals surface area contributed by atoms with Gasteiger partial charge < -0.3 is 9.47 Å². The van der Waals surface area contributed by atoms with Gasteiger partial charge in [-0.05, 0) is 17.5 Å². The SMILES string of the molecule is COc1cccc2cccc(OC)c12. The van der Waals surface area contributed by atoms with E-state index in [1.54, 1.807) is 14.2 Å². The van der Waals surface area contributed by atoms with Crippen molar-refractivity contribution in [1.29, 1.82) is 0 Å². The second-order valence-corrected chi connectivity index (χ2v) is 3.02. The fraction of sp³-hybridized carbons (Fsp3) is 0.167. The summed E-state index contributed by atoms with van der Waals surface area (Å²) in [6, 6.07) is 11.9. The molecule has 0 fully saturated rings. The Kier molecular flexibility index (Phi) is 2.27. The van der Waals surface area contributed by atoms with Gasteiger partial charge in [0.25, 0.3) is 0 Å². The van der Waals surface area contributed by atoms with Crippen molar-refractivity contribution in [1.82, 2.24) is 0 Å². The molecule has 2 heteroatoms. The normalized spacial score (nSPS) is 10.1. The van der Waals surface area contributed by atoms with Crippen molar-refractivity contribution in [3.63, 3.8) is 0 Å². The highest BCUT2D eigenvalue weighted by atomic mass is 16.5. The van der Waals surface area contributed by atoms with E-state index in [0.717, 1.165) is 22.3 Å². The highest BCUT2D eigenvalue weighted by molar-refractivity contribution is 5.93. The number of methoxy groups -OCH3 is 2. The second kappa shape index (κ2) is 3.58. The third kappa shape index (κ3) is 1.29. The molecule has 0 aliphatic heterocycles. The summed E-state index contributed by atoms with van der Waals surface area (Å²) in [7, 11) is 3.34. The van der Waals surface area contributed by atoms with E-state index in [-0.39, 0.29) is 0 Å². The van der Waals surface area contributed by atoms with Gasteiger partial charge in [-0.15, -0.1) is 0 Å². The number of fused-ring (bicyclic) bond motifs is 1. The molecule has 2 nitrogen and oxygen atoms in total. The fourth-order valence-corrected chi connectivity index (χ4v) is 1.61. The van der Waals surface area contributed by atoms with Crippen molar-refractivity contribution in [3.8, 4) is 11.5 Å². The summed E-state index contributed by atoms with van der Waals surface area (Å²) in [6.07, 6.45) is 0. The van der Waals surface area contributed by atoms with Crippen LogP contribution in [-0.4, -0.2) is 14.2 Å². The summed E-state index contributed by atoms with van der Waals surface area (Å²) < 4.78 is 10.6. The maximum Gasteiger partial charge on any atom is 0.130 e. The van der Waals surface area contributed by atoms with Crippen molar-refractivity contribution in [2.75, 3.05) is 14.2 Å². The summed E-state index contributed by atoms with van der Waals surface area (Å²) in [5.41, 5.74) is 0. The molecule has 0 atom stereocenters. The first kappa shape index (κ1) is 8.88. The van der Waals surface area contributed by atoms with Gasteiger partial charge in [-0.1, -0.05) is 24.3 Å². The Morgan fingerprint density at radius 2 is 1.29 bits per heavy atom. The number of hydrogen-bond acceptors (Lipinski definition) is 2. The molecule has 0 unspecified atom stereocenters. The highest BCUT2D eigenvalue weighted by Gasteiger charge is 2.05. The van der Waals surface area contributed by atoms with E-state index < -0.39 is 0 Å². The summed E-state index contributed by atoms with van der Waals surface area (Å²) in [5, 5.41) is 2.16. The lowest BCUT2D eigenvalue weighted by atomic mass is 10.1. The Labute approximate surface area is 83.1 Å². The molecule has 72 valence electrons. The van der Waals surface area contributed by atoms with Crippen LogP contribution >= 0.6 is 0 Å². The maximum atomic E-state index is 5.29. The van der Waals surface area contributed by atoms with E-state index in [0.29, 0.717) is 0 Å². The van der Waals surface area contributed by atoms with Crippen LogP contribution in [0, 0.1) is 0 Å². The molecule has 0 radical (unpaired) electrons. The van der Waals surface area contributed by atoms with Gasteiger partial charge in [-0.25, -0.2) is 0 Å². The Balaban J connectivity index is 2.81. The predicted molar refractivity (Wildman–Crippen MR) is 57.1 cm³/mol. The Morgan fingerprint density at radius 1 is 0.786 bits per heavy atom. The van der Waals surface area contributed by atoms with Gasteiger partial charge in [0.1, 0.15) is 11.5 Å². The van der Waals surface area contributed by atoms with Gasteiger partial charge in [0.15, 0.2) is 0 Å². The minimum atomic E-state index is 0.847. The van der Waals surface area contributed by atoms with Crippen molar-refractivity contribution in [3.05, 3.63) is 36.4 Å². The quantitative estimate of drug-likeness (QED) is 0.721. The van der Waals surface area contributed by atoms with Crippen LogP contribution in [0.15, 0.2) is 36.4 Å². The molecule has 2 rings (SSSR count). The molecular weight excluding hydrogens is 176 g/mol. The predicted octanol–water partition coefficient (Wildman–Crippen LogP) is 2.86. The lowest BCUT2D eigenvalue weighted by Gasteiger charge is -2.09. The topological polar surface area (TPSA) is 18.5 Å². The zero-order valence-corrected chi connectivity index (χ0v) is 8.28. The van der Waals surface area contributed by atoms with Gasteiger partial charge in [0, 0.05) is 0 Å². The van der Waals surface area contributed by atoms with Gasteiger partial charge in [0.2, 0.25) is 0 Å². The molecule has 0 amide bonds. The highest BCUT2D eigenvalue weighted by Crippen LogP contribution is 2.33. The molecule has 0 saturated carbocycles. The number of benzene rings is 2. The third-order valence-electron chi connectivity index (χ3n) is 2.27. The zero-order chi connectivity index (χ0) is 9.97. The first-order chi connectivity index (χ1) is 6.86. The minimum Gasteiger partial charge on any atom is -0.496 e. The number of hydrogen-bond donors (Lipinski definition) is 0. The first-order valence-electron chi connectivity index (χ1n) is 4.46. The Morgan fingerprint density at radius 3 is 1.71 bits per heavy atom. The lowest BCUT2D eigenvalue weighted by Crippen LogP contribution is -1.89. The second-order valence-electron chi connectivity index (χ2n) is 3.02. The molecule has 14 heavy (non-hydrogen) atoms. The van der Waals surface area contributed by atoms with E-state index >= 15 is 0 Å². The molecule has 0 aromatic heterocycles. The molecule has 0 N–H and O–H groups in total. The molecule has 0 heterocycles. The number of rotatable bonds is 2. The van der Waals surface area contributed by atoms with Crippen molar-refractivity contribution in [2.24, 2.45) is 0 Å². The maximum absolute atomic E-state index is 5.29. The van der Waals surface area contributed by atoms with Crippen LogP contribution in [0.4, 0.5) is 0 Å². The van der Waals surface area contributed by atoms with Gasteiger partial charge in [-0.3, -0.25) is 0 Å². The van der Waals surface area contributed by atoms with Crippen LogP contribution < -0.4 is 9.47 Å². The van der Waals surface area contributed by atoms with E-state index in [9.17, 15) is 0 Å². The molecule has 0 aliphatic rings. The molecule has 2 aromatic rings. The van der Waals surface area contributed by atoms with Crippen molar-refractivity contribution in [2.45, 2.75) is 0 Å². The first-order valence-corrected chi connectivity index (χ1v) is 4.46. The molecule has 0 aliphatic carbocycles. The van der Waals surface area contributed by atoms with Crippen LogP contribution in [0.5, 0.6) is 11.5 Å². The van der Waals surface area contributed by atoms with E-state index in [1.807, 2.05) is 36.4 Å². The van der Waals surface area contributed by atoms with Gasteiger partial charge in [-0.2, -0.15) is 0 Å². The summed E-state index contributed by atoms with van der Waals surface area (Å²) in [5.74, 6) is 1.69. The Hall–Kier alpha value is -1.70. The fourth-order valence-electron chi connectivity index (χ4n) is 1.61. The van der Waals surface area contributed by atoms with Crippen molar-refractivity contribution >= 4 is 10.8 Å². The van der Waals surface area contributed by atoms with Gasteiger partial charge in [0.05, 0.1) is 19.6 Å². The van der Waals surface area contributed by atoms with Crippen LogP contribution in [0.1, 0.15) is 0 Å². The molecule has 0 saturated heterocycles. The molecular formula is C12H12O2. The average molecular weight is 188 g/mol. The van der Waals surface area contributed by atoms with Crippen LogP contribution in [0.2, 0.25) is 0 Å². The zero-order valence-electron chi connectivity index (χ0n) is 8.28. The van der Waals surface area contributed by atoms with E-state index in [1.165, 1.54) is 0 Å². The number of ether oxygens (including phenoxy) is 2. The largest absolute Gasteiger partial charge is 0.496 e. The smallest absolute Gasteiger partial charge is 0.130 e. The monoisotopic (exact) mass is 188 g/mol. The van der Waals surface area contributed by atoms with Crippen LogP contribution in [0.25, 0.3) is 10.8 Å². The van der Waals surface area contributed by atoms with E-state index in [2.05, 4.69) is 0 Å². The summed E-state index contributed by atoms with van der Waals surface area (Å²) in [4.78, 5) is 0. The third-order valence-corrected chi connectivity index (χ3v) is 2.27. The minimum absolute atomic E-state index is 0.847. The van der Waals surface area contributed by atoms with Crippen LogP contribution in [0.3, 0.4) is 0 Å². The standard InChI is InChI=1S/C12H12O2/c1-13-10-7-3-5-9-6-4-8-11(14-2)12(9)10/h3-8H,1-2H3. The molecule has 0 bridgehead atoms. The van der Waals surface area contributed by atoms with Crippen molar-refractivity contribution < 1.29 is 9.47 Å².